The van der Waals surface area contributed by atoms with Crippen molar-refractivity contribution in [1.29, 1.82) is 0 Å². The molecule has 0 spiro atoms. The van der Waals surface area contributed by atoms with E-state index in [1.54, 1.807) is 0 Å². The van der Waals surface area contributed by atoms with Gasteiger partial charge in [-0.3, -0.25) is 18.6 Å². The molecule has 0 aliphatic rings. The third kappa shape index (κ3) is 54.2. The first kappa shape index (κ1) is 66.0. The van der Waals surface area contributed by atoms with Gasteiger partial charge in [-0.05, 0) is 12.8 Å². The number of hydrogen-bond donors (Lipinski definition) is 1. The fourth-order valence-electron chi connectivity index (χ4n) is 8.84. The molecule has 0 aromatic carbocycles. The molecule has 0 radical (unpaired) electrons. The molecule has 0 aromatic rings. The van der Waals surface area contributed by atoms with Crippen molar-refractivity contribution in [1.82, 2.24) is 0 Å². The first-order valence-electron chi connectivity index (χ1n) is 29.3. The standard InChI is InChI=1S/C57H114NO8P/c1-6-8-10-12-14-16-18-20-22-24-26-27-28-29-30-31-32-34-36-38-40-42-44-46-48-50-57(60)66-55(54-65-67(61,62)64-52-51-58(3,4)5)53-63-56(59)49-47-45-43-41-39-37-35-33-25-23-21-19-17-15-13-11-9-7-2/h55H,6-54H2,1-5H3/p+1. The van der Waals surface area contributed by atoms with E-state index in [9.17, 15) is 19.0 Å². The maximum Gasteiger partial charge on any atom is 0.472 e. The van der Waals surface area contributed by atoms with Crippen LogP contribution in [0.5, 0.6) is 0 Å². The third-order valence-electron chi connectivity index (χ3n) is 13.4. The number of carbonyl (C=O) groups is 2. The van der Waals surface area contributed by atoms with Crippen molar-refractivity contribution >= 4 is 19.8 Å². The van der Waals surface area contributed by atoms with E-state index < -0.39 is 26.5 Å². The van der Waals surface area contributed by atoms with Gasteiger partial charge in [-0.25, -0.2) is 4.57 Å². The Bertz CT molecular complexity index is 1100. The third-order valence-corrected chi connectivity index (χ3v) is 14.4. The summed E-state index contributed by atoms with van der Waals surface area (Å²) in [6, 6.07) is 0. The summed E-state index contributed by atoms with van der Waals surface area (Å²) in [6.45, 7) is 4.51. The average Bonchev–Trinajstić information content (AvgIpc) is 3.29. The molecule has 0 aliphatic heterocycles. The predicted molar refractivity (Wildman–Crippen MR) is 285 cm³/mol. The molecule has 10 heteroatoms. The van der Waals surface area contributed by atoms with Crippen LogP contribution < -0.4 is 0 Å². The molecule has 0 aliphatic carbocycles. The summed E-state index contributed by atoms with van der Waals surface area (Å²) < 4.78 is 34.6. The summed E-state index contributed by atoms with van der Waals surface area (Å²) in [4.78, 5) is 35.7. The zero-order valence-electron chi connectivity index (χ0n) is 45.4. The quantitative estimate of drug-likeness (QED) is 0.0278. The molecule has 0 saturated carbocycles. The molecular formula is C57H115NO8P+. The van der Waals surface area contributed by atoms with Crippen molar-refractivity contribution in [3.8, 4) is 0 Å². The summed E-state index contributed by atoms with van der Waals surface area (Å²) in [7, 11) is 1.50. The number of quaternary nitrogens is 1. The highest BCUT2D eigenvalue weighted by atomic mass is 31.2. The van der Waals surface area contributed by atoms with Crippen LogP contribution in [0.1, 0.15) is 303 Å². The van der Waals surface area contributed by atoms with E-state index in [0.29, 0.717) is 17.4 Å². The first-order chi connectivity index (χ1) is 32.5. The van der Waals surface area contributed by atoms with Crippen LogP contribution in [0.4, 0.5) is 0 Å². The smallest absolute Gasteiger partial charge is 0.462 e. The minimum absolute atomic E-state index is 0.0374. The van der Waals surface area contributed by atoms with Crippen molar-refractivity contribution in [2.24, 2.45) is 0 Å². The molecule has 2 atom stereocenters. The second kappa shape index (κ2) is 50.0. The number of rotatable bonds is 55. The minimum Gasteiger partial charge on any atom is -0.462 e. The Labute approximate surface area is 416 Å². The van der Waals surface area contributed by atoms with Gasteiger partial charge in [0.1, 0.15) is 19.8 Å². The zero-order chi connectivity index (χ0) is 49.2. The highest BCUT2D eigenvalue weighted by molar-refractivity contribution is 7.47. The largest absolute Gasteiger partial charge is 0.472 e. The van der Waals surface area contributed by atoms with Crippen molar-refractivity contribution < 1.29 is 42.1 Å². The van der Waals surface area contributed by atoms with Gasteiger partial charge in [0, 0.05) is 12.8 Å². The summed E-state index contributed by atoms with van der Waals surface area (Å²) in [6.07, 6.45) is 56.0. The van der Waals surface area contributed by atoms with Gasteiger partial charge < -0.3 is 18.9 Å². The van der Waals surface area contributed by atoms with Crippen LogP contribution in [0.2, 0.25) is 0 Å². The van der Waals surface area contributed by atoms with Crippen LogP contribution in [0.15, 0.2) is 0 Å². The number of phosphoric acid groups is 1. The second-order valence-corrected chi connectivity index (χ2v) is 22.9. The summed E-state index contributed by atoms with van der Waals surface area (Å²) in [5, 5.41) is 0. The maximum absolute atomic E-state index is 12.8. The molecule has 400 valence electrons. The van der Waals surface area contributed by atoms with Gasteiger partial charge in [0.25, 0.3) is 0 Å². The van der Waals surface area contributed by atoms with Gasteiger partial charge in [0.2, 0.25) is 0 Å². The van der Waals surface area contributed by atoms with Crippen LogP contribution in [0, 0.1) is 0 Å². The Balaban J connectivity index is 4.09. The topological polar surface area (TPSA) is 108 Å². The van der Waals surface area contributed by atoms with Gasteiger partial charge in [0.05, 0.1) is 27.7 Å². The number of hydrogen-bond acceptors (Lipinski definition) is 7. The lowest BCUT2D eigenvalue weighted by atomic mass is 10.0. The van der Waals surface area contributed by atoms with Gasteiger partial charge >= 0.3 is 19.8 Å². The monoisotopic (exact) mass is 973 g/mol. The van der Waals surface area contributed by atoms with E-state index in [4.69, 9.17) is 18.5 Å². The van der Waals surface area contributed by atoms with Crippen molar-refractivity contribution in [2.45, 2.75) is 309 Å². The highest BCUT2D eigenvalue weighted by Gasteiger charge is 2.27. The Morgan fingerprint density at radius 3 is 0.955 bits per heavy atom. The lowest BCUT2D eigenvalue weighted by Gasteiger charge is -2.24. The molecule has 0 fully saturated rings. The molecule has 9 nitrogen and oxygen atoms in total. The first-order valence-corrected chi connectivity index (χ1v) is 30.8. The van der Waals surface area contributed by atoms with Crippen LogP contribution in [-0.4, -0.2) is 74.9 Å². The second-order valence-electron chi connectivity index (χ2n) is 21.4. The lowest BCUT2D eigenvalue weighted by molar-refractivity contribution is -0.870. The van der Waals surface area contributed by atoms with Crippen LogP contribution >= 0.6 is 7.82 Å². The van der Waals surface area contributed by atoms with E-state index in [2.05, 4.69) is 13.8 Å². The van der Waals surface area contributed by atoms with Crippen molar-refractivity contribution in [3.63, 3.8) is 0 Å². The van der Waals surface area contributed by atoms with E-state index in [0.717, 1.165) is 38.5 Å². The molecular weight excluding hydrogens is 858 g/mol. The average molecular weight is 974 g/mol. The molecule has 0 heterocycles. The van der Waals surface area contributed by atoms with Gasteiger partial charge in [-0.2, -0.15) is 0 Å². The molecule has 0 saturated heterocycles. The maximum atomic E-state index is 12.8. The SMILES string of the molecule is CCCCCCCCCCCCCCCCCCCCCCCCCCCC(=O)OC(COC(=O)CCCCCCCCCCCCCCCCCCCC)COP(=O)(O)OCC[N+](C)(C)C. The number of esters is 2. The minimum atomic E-state index is -4.38. The normalized spacial score (nSPS) is 13.2. The number of nitrogens with zero attached hydrogens (tertiary/aromatic N) is 1. The highest BCUT2D eigenvalue weighted by Crippen LogP contribution is 2.43. The molecule has 0 rings (SSSR count). The molecule has 2 unspecified atom stereocenters. The lowest BCUT2D eigenvalue weighted by Crippen LogP contribution is -2.37. The summed E-state index contributed by atoms with van der Waals surface area (Å²) >= 11 is 0. The molecule has 67 heavy (non-hydrogen) atoms. The number of ether oxygens (including phenoxy) is 2. The number of phosphoric ester groups is 1. The van der Waals surface area contributed by atoms with Crippen molar-refractivity contribution in [3.05, 3.63) is 0 Å². The fourth-order valence-corrected chi connectivity index (χ4v) is 9.58. The van der Waals surface area contributed by atoms with E-state index in [1.807, 2.05) is 21.1 Å². The van der Waals surface area contributed by atoms with Crippen LogP contribution in [0.25, 0.3) is 0 Å². The van der Waals surface area contributed by atoms with E-state index in [1.165, 1.54) is 238 Å². The predicted octanol–water partition coefficient (Wildman–Crippen LogP) is 17.9. The summed E-state index contributed by atoms with van der Waals surface area (Å²) in [5.41, 5.74) is 0. The number of unbranched alkanes of at least 4 members (excludes halogenated alkanes) is 41. The number of carbonyl (C=O) groups excluding carboxylic acids is 2. The number of likely N-dealkylation sites (N-methyl/N-ethyl adjacent to an activating group) is 1. The van der Waals surface area contributed by atoms with Crippen LogP contribution in [-0.2, 0) is 32.7 Å². The molecule has 1 N–H and O–H groups in total. The van der Waals surface area contributed by atoms with E-state index >= 15 is 0 Å². The molecule has 0 bridgehead atoms. The summed E-state index contributed by atoms with van der Waals surface area (Å²) in [5.74, 6) is -0.773. The van der Waals surface area contributed by atoms with E-state index in [-0.39, 0.29) is 25.6 Å². The van der Waals surface area contributed by atoms with Crippen LogP contribution in [0.3, 0.4) is 0 Å². The Kier molecular flexibility index (Phi) is 49.2. The molecule has 0 aromatic heterocycles. The fraction of sp³-hybridized carbons (Fsp3) is 0.965. The molecule has 0 amide bonds. The van der Waals surface area contributed by atoms with Gasteiger partial charge in [-0.15, -0.1) is 0 Å². The zero-order valence-corrected chi connectivity index (χ0v) is 46.3. The Morgan fingerprint density at radius 1 is 0.403 bits per heavy atom. The van der Waals surface area contributed by atoms with Gasteiger partial charge in [0.15, 0.2) is 6.10 Å². The van der Waals surface area contributed by atoms with Gasteiger partial charge in [-0.1, -0.05) is 277 Å². The Morgan fingerprint density at radius 2 is 0.672 bits per heavy atom. The Hall–Kier alpha value is -0.990. The van der Waals surface area contributed by atoms with Crippen molar-refractivity contribution in [2.75, 3.05) is 47.5 Å².